The molecule has 1 aromatic rings. The first-order chi connectivity index (χ1) is 11.5. The van der Waals surface area contributed by atoms with Crippen LogP contribution in [0.15, 0.2) is 24.3 Å². The van der Waals surface area contributed by atoms with E-state index in [0.29, 0.717) is 18.7 Å². The minimum Gasteiger partial charge on any atom is -0.469 e. The molecule has 0 radical (unpaired) electrons. The summed E-state index contributed by atoms with van der Waals surface area (Å²) < 4.78 is 4.54. The van der Waals surface area contributed by atoms with E-state index in [4.69, 9.17) is 0 Å². The van der Waals surface area contributed by atoms with Crippen molar-refractivity contribution in [3.63, 3.8) is 0 Å². The topological polar surface area (TPSA) is 75.7 Å². The van der Waals surface area contributed by atoms with Crippen molar-refractivity contribution in [2.24, 2.45) is 0 Å². The molecule has 1 aliphatic rings. The Kier molecular flexibility index (Phi) is 6.35. The zero-order chi connectivity index (χ0) is 17.5. The second-order valence-corrected chi connectivity index (χ2v) is 6.07. The average molecular weight is 332 g/mol. The Balaban J connectivity index is 1.77. The predicted molar refractivity (Wildman–Crippen MR) is 89.5 cm³/mol. The number of ether oxygens (including phenoxy) is 1. The summed E-state index contributed by atoms with van der Waals surface area (Å²) in [5.41, 5.74) is 1.71. The second-order valence-electron chi connectivity index (χ2n) is 6.07. The first-order valence-electron chi connectivity index (χ1n) is 8.21. The van der Waals surface area contributed by atoms with Gasteiger partial charge in [0.25, 0.3) is 5.91 Å². The smallest absolute Gasteiger partial charge is 0.306 e. The average Bonchev–Trinajstić information content (AvgIpc) is 2.60. The van der Waals surface area contributed by atoms with Crippen molar-refractivity contribution in [3.05, 3.63) is 35.4 Å². The minimum atomic E-state index is -0.372. The van der Waals surface area contributed by atoms with Gasteiger partial charge in [0.05, 0.1) is 13.5 Å². The Morgan fingerprint density at radius 3 is 2.54 bits per heavy atom. The Hall–Kier alpha value is -2.37. The van der Waals surface area contributed by atoms with Crippen LogP contribution >= 0.6 is 0 Å². The van der Waals surface area contributed by atoms with Gasteiger partial charge in [0.1, 0.15) is 0 Å². The third-order valence-electron chi connectivity index (χ3n) is 4.23. The van der Waals surface area contributed by atoms with E-state index in [1.54, 1.807) is 11.0 Å². The highest BCUT2D eigenvalue weighted by Crippen LogP contribution is 2.13. The predicted octanol–water partition coefficient (Wildman–Crippen LogP) is 1.67. The standard InChI is InChI=1S/C18H24N2O4/c1-13-4-3-5-14(12-13)18(23)19-15-8-10-20(11-9-15)16(21)6-7-17(22)24-2/h3-5,12,15H,6-11H2,1-2H3,(H,19,23). The molecule has 0 spiro atoms. The van der Waals surface area contributed by atoms with Crippen LogP contribution in [0, 0.1) is 6.92 Å². The van der Waals surface area contributed by atoms with Crippen LogP contribution < -0.4 is 5.32 Å². The summed E-state index contributed by atoms with van der Waals surface area (Å²) in [7, 11) is 1.31. The first kappa shape index (κ1) is 18.0. The molecule has 24 heavy (non-hydrogen) atoms. The van der Waals surface area contributed by atoms with E-state index < -0.39 is 0 Å². The first-order valence-corrected chi connectivity index (χ1v) is 8.21. The molecule has 130 valence electrons. The van der Waals surface area contributed by atoms with E-state index in [2.05, 4.69) is 10.1 Å². The number of hydrogen-bond donors (Lipinski definition) is 1. The summed E-state index contributed by atoms with van der Waals surface area (Å²) in [6.45, 7) is 3.15. The Bertz CT molecular complexity index is 607. The number of carbonyl (C=O) groups is 3. The Labute approximate surface area is 142 Å². The maximum Gasteiger partial charge on any atom is 0.306 e. The van der Waals surface area contributed by atoms with Crippen LogP contribution in [-0.2, 0) is 14.3 Å². The molecule has 0 aliphatic carbocycles. The maximum atomic E-state index is 12.2. The van der Waals surface area contributed by atoms with Gasteiger partial charge in [-0.1, -0.05) is 17.7 Å². The summed E-state index contributed by atoms with van der Waals surface area (Å²) >= 11 is 0. The normalized spacial score (nSPS) is 15.0. The minimum absolute atomic E-state index is 0.0381. The summed E-state index contributed by atoms with van der Waals surface area (Å²) in [6, 6.07) is 7.55. The molecule has 1 fully saturated rings. The Morgan fingerprint density at radius 2 is 1.92 bits per heavy atom. The molecule has 6 heteroatoms. The molecule has 0 saturated carbocycles. The number of piperidine rings is 1. The van der Waals surface area contributed by atoms with Gasteiger partial charge in [0.15, 0.2) is 0 Å². The molecule has 2 rings (SSSR count). The molecule has 1 saturated heterocycles. The van der Waals surface area contributed by atoms with E-state index in [-0.39, 0.29) is 36.7 Å². The highest BCUT2D eigenvalue weighted by atomic mass is 16.5. The summed E-state index contributed by atoms with van der Waals surface area (Å²) in [5.74, 6) is -0.485. The fraction of sp³-hybridized carbons (Fsp3) is 0.500. The molecule has 0 unspecified atom stereocenters. The van der Waals surface area contributed by atoms with Crippen molar-refractivity contribution >= 4 is 17.8 Å². The lowest BCUT2D eigenvalue weighted by molar-refractivity contribution is -0.143. The number of carbonyl (C=O) groups excluding carboxylic acids is 3. The van der Waals surface area contributed by atoms with Crippen LogP contribution in [-0.4, -0.2) is 48.9 Å². The van der Waals surface area contributed by atoms with Gasteiger partial charge < -0.3 is 15.0 Å². The van der Waals surface area contributed by atoms with Gasteiger partial charge in [-0.3, -0.25) is 14.4 Å². The summed E-state index contributed by atoms with van der Waals surface area (Å²) in [6.07, 6.45) is 1.73. The van der Waals surface area contributed by atoms with Crippen molar-refractivity contribution in [2.45, 2.75) is 38.6 Å². The van der Waals surface area contributed by atoms with Crippen molar-refractivity contribution in [1.82, 2.24) is 10.2 Å². The number of benzene rings is 1. The van der Waals surface area contributed by atoms with Crippen molar-refractivity contribution in [3.8, 4) is 0 Å². The van der Waals surface area contributed by atoms with Crippen LogP contribution in [0.3, 0.4) is 0 Å². The third-order valence-corrected chi connectivity index (χ3v) is 4.23. The van der Waals surface area contributed by atoms with Crippen LogP contribution in [0.5, 0.6) is 0 Å². The van der Waals surface area contributed by atoms with E-state index in [0.717, 1.165) is 18.4 Å². The van der Waals surface area contributed by atoms with E-state index >= 15 is 0 Å². The SMILES string of the molecule is COC(=O)CCC(=O)N1CCC(NC(=O)c2cccc(C)c2)CC1. The van der Waals surface area contributed by atoms with Gasteiger partial charge >= 0.3 is 5.97 Å². The molecule has 1 heterocycles. The number of rotatable bonds is 5. The quantitative estimate of drug-likeness (QED) is 0.832. The highest BCUT2D eigenvalue weighted by Gasteiger charge is 2.24. The second kappa shape index (κ2) is 8.47. The maximum absolute atomic E-state index is 12.2. The molecule has 1 aromatic carbocycles. The van der Waals surface area contributed by atoms with Crippen LogP contribution in [0.4, 0.5) is 0 Å². The molecular weight excluding hydrogens is 308 g/mol. The lowest BCUT2D eigenvalue weighted by Crippen LogP contribution is -2.46. The molecular formula is C18H24N2O4. The van der Waals surface area contributed by atoms with Crippen LogP contribution in [0.2, 0.25) is 0 Å². The number of likely N-dealkylation sites (tertiary alicyclic amines) is 1. The van der Waals surface area contributed by atoms with Gasteiger partial charge in [-0.05, 0) is 31.9 Å². The van der Waals surface area contributed by atoms with Gasteiger partial charge in [-0.15, -0.1) is 0 Å². The lowest BCUT2D eigenvalue weighted by atomic mass is 10.0. The molecule has 1 aliphatic heterocycles. The number of amides is 2. The number of nitrogens with zero attached hydrogens (tertiary/aromatic N) is 1. The molecule has 0 aromatic heterocycles. The van der Waals surface area contributed by atoms with Gasteiger partial charge in [-0.2, -0.15) is 0 Å². The summed E-state index contributed by atoms with van der Waals surface area (Å²) in [4.78, 5) is 37.1. The monoisotopic (exact) mass is 332 g/mol. The lowest BCUT2D eigenvalue weighted by Gasteiger charge is -2.32. The van der Waals surface area contributed by atoms with Gasteiger partial charge in [0, 0.05) is 31.1 Å². The fourth-order valence-corrected chi connectivity index (χ4v) is 2.80. The number of nitrogens with one attached hydrogen (secondary N) is 1. The largest absolute Gasteiger partial charge is 0.469 e. The molecule has 0 atom stereocenters. The molecule has 0 bridgehead atoms. The van der Waals surface area contributed by atoms with Gasteiger partial charge in [-0.25, -0.2) is 0 Å². The molecule has 1 N–H and O–H groups in total. The van der Waals surface area contributed by atoms with Crippen molar-refractivity contribution in [2.75, 3.05) is 20.2 Å². The van der Waals surface area contributed by atoms with Crippen LogP contribution in [0.1, 0.15) is 41.6 Å². The van der Waals surface area contributed by atoms with Gasteiger partial charge in [0.2, 0.25) is 5.91 Å². The zero-order valence-electron chi connectivity index (χ0n) is 14.2. The van der Waals surface area contributed by atoms with Crippen LogP contribution in [0.25, 0.3) is 0 Å². The number of methoxy groups -OCH3 is 1. The fourth-order valence-electron chi connectivity index (χ4n) is 2.80. The zero-order valence-corrected chi connectivity index (χ0v) is 14.2. The third kappa shape index (κ3) is 5.08. The van der Waals surface area contributed by atoms with Crippen molar-refractivity contribution < 1.29 is 19.1 Å². The van der Waals surface area contributed by atoms with E-state index in [1.165, 1.54) is 7.11 Å². The Morgan fingerprint density at radius 1 is 1.21 bits per heavy atom. The van der Waals surface area contributed by atoms with E-state index in [9.17, 15) is 14.4 Å². The molecule has 6 nitrogen and oxygen atoms in total. The van der Waals surface area contributed by atoms with E-state index in [1.807, 2.05) is 25.1 Å². The number of hydrogen-bond acceptors (Lipinski definition) is 4. The number of esters is 1. The number of aryl methyl sites for hydroxylation is 1. The highest BCUT2D eigenvalue weighted by molar-refractivity contribution is 5.94. The van der Waals surface area contributed by atoms with Crippen molar-refractivity contribution in [1.29, 1.82) is 0 Å². The summed E-state index contributed by atoms with van der Waals surface area (Å²) in [5, 5.41) is 3.03. The molecule has 2 amide bonds.